The first-order valence-electron chi connectivity index (χ1n) is 3.50. The number of methoxy groups -OCH3 is 1. The van der Waals surface area contributed by atoms with E-state index in [0.717, 1.165) is 0 Å². The van der Waals surface area contributed by atoms with E-state index in [1.54, 1.807) is 0 Å². The van der Waals surface area contributed by atoms with Crippen molar-refractivity contribution in [2.75, 3.05) is 7.11 Å². The van der Waals surface area contributed by atoms with Crippen molar-refractivity contribution >= 4 is 12.3 Å². The highest BCUT2D eigenvalue weighted by atomic mass is 16.5. The monoisotopic (exact) mass is 177 g/mol. The Morgan fingerprint density at radius 1 is 1.69 bits per heavy atom. The molecule has 0 aliphatic rings. The average Bonchev–Trinajstić information content (AvgIpc) is 2.62. The molecule has 1 aromatic heterocycles. The molecule has 13 heavy (non-hydrogen) atoms. The molecule has 0 aliphatic carbocycles. The fraction of sp³-hybridized carbons (Fsp3) is 0.111. The maximum atomic E-state index is 10.9. The Morgan fingerprint density at radius 3 is 3.08 bits per heavy atom. The van der Waals surface area contributed by atoms with Gasteiger partial charge in [-0.25, -0.2) is 4.79 Å². The summed E-state index contributed by atoms with van der Waals surface area (Å²) in [5.41, 5.74) is 0.894. The summed E-state index contributed by atoms with van der Waals surface area (Å²) in [5.74, 6) is 4.31. The zero-order valence-corrected chi connectivity index (χ0v) is 6.96. The summed E-state index contributed by atoms with van der Waals surface area (Å²) in [4.78, 5) is 23.5. The van der Waals surface area contributed by atoms with Crippen molar-refractivity contribution in [2.45, 2.75) is 0 Å². The molecule has 0 radical (unpaired) electrons. The zero-order valence-electron chi connectivity index (χ0n) is 6.96. The molecule has 0 aliphatic heterocycles. The van der Waals surface area contributed by atoms with Gasteiger partial charge in [-0.1, -0.05) is 5.92 Å². The van der Waals surface area contributed by atoms with Crippen LogP contribution in [0.4, 0.5) is 0 Å². The van der Waals surface area contributed by atoms with Gasteiger partial charge in [-0.3, -0.25) is 4.79 Å². The van der Waals surface area contributed by atoms with E-state index in [9.17, 15) is 9.59 Å². The fourth-order valence-corrected chi connectivity index (χ4v) is 0.807. The molecule has 0 bridgehead atoms. The van der Waals surface area contributed by atoms with Crippen molar-refractivity contribution < 1.29 is 14.3 Å². The number of rotatable bonds is 1. The van der Waals surface area contributed by atoms with Crippen molar-refractivity contribution in [1.82, 2.24) is 4.98 Å². The first kappa shape index (κ1) is 9.07. The van der Waals surface area contributed by atoms with Crippen molar-refractivity contribution in [2.24, 2.45) is 0 Å². The summed E-state index contributed by atoms with van der Waals surface area (Å²) < 4.78 is 4.47. The summed E-state index contributed by atoms with van der Waals surface area (Å²) in [5, 5.41) is 0. The number of aldehydes is 1. The first-order valence-corrected chi connectivity index (χ1v) is 3.50. The van der Waals surface area contributed by atoms with Crippen LogP contribution in [0.3, 0.4) is 0 Å². The molecule has 1 aromatic rings. The molecule has 1 N–H and O–H groups in total. The molecular formula is C9H7NO3. The Hall–Kier alpha value is -2.02. The maximum absolute atomic E-state index is 10.9. The van der Waals surface area contributed by atoms with Crippen LogP contribution in [0.2, 0.25) is 0 Å². The summed E-state index contributed by atoms with van der Waals surface area (Å²) in [6.45, 7) is 0. The molecular weight excluding hydrogens is 170 g/mol. The van der Waals surface area contributed by atoms with E-state index in [-0.39, 0.29) is 0 Å². The van der Waals surface area contributed by atoms with Crippen LogP contribution in [0.1, 0.15) is 16.1 Å². The van der Waals surface area contributed by atoms with Gasteiger partial charge in [0.15, 0.2) is 6.29 Å². The Balaban J connectivity index is 2.86. The molecule has 0 spiro atoms. The van der Waals surface area contributed by atoms with Gasteiger partial charge in [-0.2, -0.15) is 0 Å². The van der Waals surface area contributed by atoms with Gasteiger partial charge in [0, 0.05) is 11.8 Å². The predicted molar refractivity (Wildman–Crippen MR) is 45.1 cm³/mol. The second kappa shape index (κ2) is 4.12. The highest BCUT2D eigenvalue weighted by Crippen LogP contribution is 2.02. The third kappa shape index (κ3) is 2.20. The Morgan fingerprint density at radius 2 is 2.46 bits per heavy atom. The van der Waals surface area contributed by atoms with Gasteiger partial charge < -0.3 is 9.72 Å². The molecule has 4 heteroatoms. The lowest BCUT2D eigenvalue weighted by Gasteiger charge is -1.91. The van der Waals surface area contributed by atoms with Crippen LogP contribution < -0.4 is 0 Å². The number of carbonyl (C=O) groups excluding carboxylic acids is 2. The number of nitrogens with one attached hydrogen (secondary N) is 1. The number of aromatic nitrogens is 1. The van der Waals surface area contributed by atoms with Gasteiger partial charge in [0.05, 0.1) is 7.11 Å². The van der Waals surface area contributed by atoms with Crippen LogP contribution in [0.5, 0.6) is 0 Å². The molecule has 0 fully saturated rings. The minimum atomic E-state index is -0.459. The topological polar surface area (TPSA) is 59.2 Å². The maximum Gasteiger partial charge on any atom is 0.354 e. The van der Waals surface area contributed by atoms with Gasteiger partial charge in [-0.05, 0) is 12.0 Å². The lowest BCUT2D eigenvalue weighted by molar-refractivity contribution is -0.103. The van der Waals surface area contributed by atoms with E-state index in [2.05, 4.69) is 21.6 Å². The van der Waals surface area contributed by atoms with Crippen molar-refractivity contribution in [3.8, 4) is 11.8 Å². The number of hydrogen-bond acceptors (Lipinski definition) is 3. The lowest BCUT2D eigenvalue weighted by atomic mass is 10.3. The molecule has 0 saturated carbocycles. The number of H-pyrrole nitrogens is 1. The standard InChI is InChI=1S/C9H7NO3/c1-13-9(12)8-5-7(6-10-8)3-2-4-11/h4-6,10H,1H3. The normalized spacial score (nSPS) is 8.38. The van der Waals surface area contributed by atoms with Crippen LogP contribution in [-0.2, 0) is 9.53 Å². The fourth-order valence-electron chi connectivity index (χ4n) is 0.807. The van der Waals surface area contributed by atoms with Crippen molar-refractivity contribution in [3.05, 3.63) is 23.5 Å². The van der Waals surface area contributed by atoms with E-state index in [1.165, 1.54) is 19.4 Å². The minimum absolute atomic E-state index is 0.317. The zero-order chi connectivity index (χ0) is 9.68. The molecule has 66 valence electrons. The third-order valence-electron chi connectivity index (χ3n) is 1.36. The van der Waals surface area contributed by atoms with Crippen LogP contribution in [0.25, 0.3) is 0 Å². The number of carbonyl (C=O) groups is 2. The SMILES string of the molecule is COC(=O)c1cc(C#CC=O)c[nH]1. The number of hydrogen-bond donors (Lipinski definition) is 1. The summed E-state index contributed by atoms with van der Waals surface area (Å²) in [7, 11) is 1.29. The molecule has 1 heterocycles. The molecule has 0 amide bonds. The van der Waals surface area contributed by atoms with E-state index in [1.807, 2.05) is 0 Å². The minimum Gasteiger partial charge on any atom is -0.464 e. The quantitative estimate of drug-likeness (QED) is 0.382. The first-order chi connectivity index (χ1) is 6.27. The Labute approximate surface area is 74.9 Å². The highest BCUT2D eigenvalue weighted by Gasteiger charge is 2.06. The Kier molecular flexibility index (Phi) is 2.87. The smallest absolute Gasteiger partial charge is 0.354 e. The second-order valence-electron chi connectivity index (χ2n) is 2.18. The second-order valence-corrected chi connectivity index (χ2v) is 2.18. The van der Waals surface area contributed by atoms with Gasteiger partial charge in [0.2, 0.25) is 0 Å². The molecule has 0 saturated heterocycles. The van der Waals surface area contributed by atoms with Crippen molar-refractivity contribution in [3.63, 3.8) is 0 Å². The molecule has 0 aromatic carbocycles. The number of esters is 1. The van der Waals surface area contributed by atoms with Crippen molar-refractivity contribution in [1.29, 1.82) is 0 Å². The predicted octanol–water partition coefficient (Wildman–Crippen LogP) is 0.352. The highest BCUT2D eigenvalue weighted by molar-refractivity contribution is 5.88. The number of aromatic amines is 1. The number of ether oxygens (including phenoxy) is 1. The van der Waals surface area contributed by atoms with Gasteiger partial charge in [0.25, 0.3) is 0 Å². The van der Waals surface area contributed by atoms with Gasteiger partial charge in [-0.15, -0.1) is 0 Å². The van der Waals surface area contributed by atoms with Crippen LogP contribution >= 0.6 is 0 Å². The van der Waals surface area contributed by atoms with Crippen LogP contribution in [-0.4, -0.2) is 24.3 Å². The molecule has 4 nitrogen and oxygen atoms in total. The molecule has 1 rings (SSSR count). The third-order valence-corrected chi connectivity index (χ3v) is 1.36. The van der Waals surface area contributed by atoms with E-state index < -0.39 is 5.97 Å². The van der Waals surface area contributed by atoms with Gasteiger partial charge in [0.1, 0.15) is 5.69 Å². The van der Waals surface area contributed by atoms with E-state index in [0.29, 0.717) is 17.5 Å². The Bertz CT molecular complexity index is 381. The largest absolute Gasteiger partial charge is 0.464 e. The van der Waals surface area contributed by atoms with Crippen LogP contribution in [0, 0.1) is 11.8 Å². The average molecular weight is 177 g/mol. The van der Waals surface area contributed by atoms with Crippen LogP contribution in [0.15, 0.2) is 12.3 Å². The summed E-state index contributed by atoms with van der Waals surface area (Å²) in [6, 6.07) is 1.52. The van der Waals surface area contributed by atoms with E-state index in [4.69, 9.17) is 0 Å². The van der Waals surface area contributed by atoms with Gasteiger partial charge >= 0.3 is 5.97 Å². The molecule has 0 atom stereocenters. The summed E-state index contributed by atoms with van der Waals surface area (Å²) in [6.07, 6.45) is 2.02. The molecule has 0 unspecified atom stereocenters. The lowest BCUT2D eigenvalue weighted by Crippen LogP contribution is -2.00. The van der Waals surface area contributed by atoms with E-state index >= 15 is 0 Å². The summed E-state index contributed by atoms with van der Waals surface area (Å²) >= 11 is 0.